The van der Waals surface area contributed by atoms with E-state index in [-0.39, 0.29) is 24.3 Å². The molecule has 1 unspecified atom stereocenters. The van der Waals surface area contributed by atoms with Gasteiger partial charge < -0.3 is 5.32 Å². The number of carbonyl (C=O) groups excluding carboxylic acids is 2. The van der Waals surface area contributed by atoms with E-state index in [1.165, 1.54) is 4.90 Å². The molecule has 20 heavy (non-hydrogen) atoms. The van der Waals surface area contributed by atoms with Crippen LogP contribution in [0.3, 0.4) is 0 Å². The average molecular weight is 313 g/mol. The van der Waals surface area contributed by atoms with Gasteiger partial charge in [0, 0.05) is 5.02 Å². The molecule has 1 heterocycles. The van der Waals surface area contributed by atoms with Gasteiger partial charge in [0.2, 0.25) is 11.8 Å². The largest absolute Gasteiger partial charge is 0.342 e. The maximum absolute atomic E-state index is 12.5. The summed E-state index contributed by atoms with van der Waals surface area (Å²) in [5.74, 6) is -0.00266. The third-order valence-electron chi connectivity index (χ3n) is 3.76. The van der Waals surface area contributed by atoms with Crippen molar-refractivity contribution in [3.05, 3.63) is 27.7 Å². The quantitative estimate of drug-likeness (QED) is 0.912. The fourth-order valence-electron chi connectivity index (χ4n) is 2.47. The highest BCUT2D eigenvalue weighted by molar-refractivity contribution is 6.36. The Labute approximate surface area is 127 Å². The van der Waals surface area contributed by atoms with Crippen molar-refractivity contribution in [3.63, 3.8) is 0 Å². The average Bonchev–Trinajstić information content (AvgIpc) is 3.21. The molecule has 3 rings (SSSR count). The first-order chi connectivity index (χ1) is 9.47. The van der Waals surface area contributed by atoms with E-state index in [1.807, 2.05) is 6.92 Å². The van der Waals surface area contributed by atoms with Crippen LogP contribution in [0.15, 0.2) is 12.1 Å². The number of anilines is 1. The van der Waals surface area contributed by atoms with Crippen LogP contribution >= 0.6 is 23.2 Å². The van der Waals surface area contributed by atoms with E-state index >= 15 is 0 Å². The summed E-state index contributed by atoms with van der Waals surface area (Å²) >= 11 is 12.3. The van der Waals surface area contributed by atoms with Crippen molar-refractivity contribution in [1.29, 1.82) is 0 Å². The molecule has 4 nitrogen and oxygen atoms in total. The topological polar surface area (TPSA) is 49.4 Å². The first-order valence-electron chi connectivity index (χ1n) is 6.54. The third-order valence-corrected chi connectivity index (χ3v) is 4.47. The minimum atomic E-state index is -0.424. The predicted octanol–water partition coefficient (Wildman–Crippen LogP) is 2.54. The lowest BCUT2D eigenvalue weighted by atomic mass is 10.1. The van der Waals surface area contributed by atoms with E-state index in [0.29, 0.717) is 15.7 Å². The molecule has 1 aliphatic carbocycles. The van der Waals surface area contributed by atoms with Crippen molar-refractivity contribution in [3.8, 4) is 0 Å². The molecule has 1 aromatic rings. The summed E-state index contributed by atoms with van der Waals surface area (Å²) in [6.07, 6.45) is 1.96. The fraction of sp³-hybridized carbons (Fsp3) is 0.429. The summed E-state index contributed by atoms with van der Waals surface area (Å²) in [5.41, 5.74) is 1.35. The second-order valence-corrected chi connectivity index (χ2v) is 6.17. The Morgan fingerprint density at radius 1 is 1.20 bits per heavy atom. The van der Waals surface area contributed by atoms with Gasteiger partial charge in [-0.1, -0.05) is 23.2 Å². The van der Waals surface area contributed by atoms with Crippen LogP contribution < -0.4 is 10.2 Å². The van der Waals surface area contributed by atoms with Crippen LogP contribution in [0.4, 0.5) is 5.69 Å². The normalized spacial score (nSPS) is 22.9. The highest BCUT2D eigenvalue weighted by Gasteiger charge is 2.43. The Balaban J connectivity index is 1.97. The summed E-state index contributed by atoms with van der Waals surface area (Å²) in [4.78, 5) is 25.8. The number of nitrogens with one attached hydrogen (secondary N) is 1. The van der Waals surface area contributed by atoms with Crippen molar-refractivity contribution < 1.29 is 9.59 Å². The Morgan fingerprint density at radius 2 is 1.90 bits per heavy atom. The molecule has 1 saturated heterocycles. The number of amides is 2. The first kappa shape index (κ1) is 13.7. The van der Waals surface area contributed by atoms with Crippen LogP contribution in [0, 0.1) is 12.8 Å². The van der Waals surface area contributed by atoms with E-state index in [0.717, 1.165) is 18.4 Å². The monoisotopic (exact) mass is 312 g/mol. The van der Waals surface area contributed by atoms with Gasteiger partial charge in [-0.2, -0.15) is 0 Å². The Morgan fingerprint density at radius 3 is 2.55 bits per heavy atom. The van der Waals surface area contributed by atoms with Crippen LogP contribution in [0.2, 0.25) is 10.0 Å². The molecule has 0 spiro atoms. The standard InChI is InChI=1S/C14H14Cl2N2O2/c1-7-4-10(16)11(5-9(7)15)18-6-12(19)17-13(14(18)20)8-2-3-8/h4-5,8,13H,2-3,6H2,1H3,(H,17,19). The number of carbonyl (C=O) groups is 2. The van der Waals surface area contributed by atoms with Gasteiger partial charge in [0.1, 0.15) is 12.6 Å². The van der Waals surface area contributed by atoms with Crippen LogP contribution in [0.1, 0.15) is 18.4 Å². The molecule has 2 fully saturated rings. The highest BCUT2D eigenvalue weighted by atomic mass is 35.5. The smallest absolute Gasteiger partial charge is 0.250 e. The molecule has 1 N–H and O–H groups in total. The zero-order valence-electron chi connectivity index (χ0n) is 11.0. The van der Waals surface area contributed by atoms with Gasteiger partial charge in [-0.3, -0.25) is 14.5 Å². The van der Waals surface area contributed by atoms with Gasteiger partial charge in [0.15, 0.2) is 0 Å². The zero-order valence-corrected chi connectivity index (χ0v) is 12.5. The lowest BCUT2D eigenvalue weighted by molar-refractivity contribution is -0.131. The number of benzene rings is 1. The molecule has 1 aliphatic heterocycles. The molecule has 106 valence electrons. The van der Waals surface area contributed by atoms with E-state index < -0.39 is 6.04 Å². The van der Waals surface area contributed by atoms with Crippen LogP contribution in [-0.4, -0.2) is 24.4 Å². The molecule has 1 saturated carbocycles. The van der Waals surface area contributed by atoms with Crippen molar-refractivity contribution in [2.24, 2.45) is 5.92 Å². The maximum Gasteiger partial charge on any atom is 0.250 e. The summed E-state index contributed by atoms with van der Waals surface area (Å²) in [5, 5.41) is 3.74. The molecule has 0 radical (unpaired) electrons. The van der Waals surface area contributed by atoms with Gasteiger partial charge in [0.25, 0.3) is 0 Å². The molecule has 1 aromatic carbocycles. The molecule has 6 heteroatoms. The summed E-state index contributed by atoms with van der Waals surface area (Å²) in [7, 11) is 0. The Hall–Kier alpha value is -1.26. The highest BCUT2D eigenvalue weighted by Crippen LogP contribution is 2.37. The summed E-state index contributed by atoms with van der Waals surface area (Å²) < 4.78 is 0. The number of hydrogen-bond acceptors (Lipinski definition) is 2. The number of piperazine rings is 1. The summed E-state index contributed by atoms with van der Waals surface area (Å²) in [6.45, 7) is 1.83. The van der Waals surface area contributed by atoms with Crippen molar-refractivity contribution >= 4 is 40.7 Å². The summed E-state index contributed by atoms with van der Waals surface area (Å²) in [6, 6.07) is 2.94. The molecule has 2 amide bonds. The molecule has 1 atom stereocenters. The molecule has 0 bridgehead atoms. The minimum absolute atomic E-state index is 0.0127. The van der Waals surface area contributed by atoms with Gasteiger partial charge >= 0.3 is 0 Å². The Bertz CT molecular complexity index is 599. The van der Waals surface area contributed by atoms with Crippen LogP contribution in [0.25, 0.3) is 0 Å². The molecule has 2 aliphatic rings. The van der Waals surface area contributed by atoms with Gasteiger partial charge in [0.05, 0.1) is 10.7 Å². The first-order valence-corrected chi connectivity index (χ1v) is 7.29. The maximum atomic E-state index is 12.5. The van der Waals surface area contributed by atoms with Gasteiger partial charge in [-0.05, 0) is 43.4 Å². The van der Waals surface area contributed by atoms with Crippen LogP contribution in [-0.2, 0) is 9.59 Å². The zero-order chi connectivity index (χ0) is 14.4. The number of aryl methyl sites for hydroxylation is 1. The lowest BCUT2D eigenvalue weighted by Crippen LogP contribution is -2.59. The SMILES string of the molecule is Cc1cc(Cl)c(N2CC(=O)NC(C3CC3)C2=O)cc1Cl. The van der Waals surface area contributed by atoms with Crippen molar-refractivity contribution in [2.45, 2.75) is 25.8 Å². The predicted molar refractivity (Wildman–Crippen MR) is 78.2 cm³/mol. The molecular formula is C14H14Cl2N2O2. The minimum Gasteiger partial charge on any atom is -0.342 e. The second kappa shape index (κ2) is 4.93. The Kier molecular flexibility index (Phi) is 3.38. The lowest BCUT2D eigenvalue weighted by Gasteiger charge is -2.33. The second-order valence-electron chi connectivity index (χ2n) is 5.36. The number of nitrogens with zero attached hydrogens (tertiary/aromatic N) is 1. The van der Waals surface area contributed by atoms with Crippen LogP contribution in [0.5, 0.6) is 0 Å². The number of hydrogen-bond donors (Lipinski definition) is 1. The van der Waals surface area contributed by atoms with Gasteiger partial charge in [-0.15, -0.1) is 0 Å². The molecular weight excluding hydrogens is 299 g/mol. The molecule has 0 aromatic heterocycles. The number of rotatable bonds is 2. The number of halogens is 2. The third kappa shape index (κ3) is 2.38. The van der Waals surface area contributed by atoms with E-state index in [1.54, 1.807) is 12.1 Å². The van der Waals surface area contributed by atoms with E-state index in [2.05, 4.69) is 5.32 Å². The van der Waals surface area contributed by atoms with Crippen molar-refractivity contribution in [2.75, 3.05) is 11.4 Å². The van der Waals surface area contributed by atoms with Crippen molar-refractivity contribution in [1.82, 2.24) is 5.32 Å². The van der Waals surface area contributed by atoms with Gasteiger partial charge in [-0.25, -0.2) is 0 Å². The fourth-order valence-corrected chi connectivity index (χ4v) is 2.94. The van der Waals surface area contributed by atoms with E-state index in [4.69, 9.17) is 23.2 Å². The van der Waals surface area contributed by atoms with E-state index in [9.17, 15) is 9.59 Å².